The van der Waals surface area contributed by atoms with Crippen molar-refractivity contribution in [3.05, 3.63) is 66.3 Å². The zero-order valence-corrected chi connectivity index (χ0v) is 15.8. The summed E-state index contributed by atoms with van der Waals surface area (Å²) in [7, 11) is -2.58. The van der Waals surface area contributed by atoms with Gasteiger partial charge in [0, 0.05) is 18.0 Å². The maximum absolute atomic E-state index is 12.8. The molecule has 0 saturated carbocycles. The topological polar surface area (TPSA) is 85.7 Å². The van der Waals surface area contributed by atoms with Crippen LogP contribution in [-0.2, 0) is 21.7 Å². The molecule has 150 valence electrons. The summed E-state index contributed by atoms with van der Waals surface area (Å²) in [6.45, 7) is 0. The van der Waals surface area contributed by atoms with E-state index in [2.05, 4.69) is 24.0 Å². The zero-order valence-electron chi connectivity index (χ0n) is 15.0. The Morgan fingerprint density at radius 2 is 1.93 bits per heavy atom. The number of hydrogen-bond donors (Lipinski definition) is 0. The van der Waals surface area contributed by atoms with Crippen molar-refractivity contribution in [3.63, 3.8) is 0 Å². The summed E-state index contributed by atoms with van der Waals surface area (Å²) in [4.78, 5) is 7.65. The molecule has 4 rings (SSSR count). The minimum atomic E-state index is -4.71. The van der Waals surface area contributed by atoms with Crippen LogP contribution in [0.1, 0.15) is 11.5 Å². The van der Waals surface area contributed by atoms with E-state index in [1.54, 1.807) is 23.1 Å². The lowest BCUT2D eigenvalue weighted by Crippen LogP contribution is -2.04. The molecule has 0 radical (unpaired) electrons. The summed E-state index contributed by atoms with van der Waals surface area (Å²) in [6, 6.07) is 12.4. The van der Waals surface area contributed by atoms with E-state index in [9.17, 15) is 17.4 Å². The number of pyridine rings is 1. The van der Waals surface area contributed by atoms with Gasteiger partial charge in [-0.05, 0) is 17.7 Å². The van der Waals surface area contributed by atoms with E-state index in [1.807, 2.05) is 30.3 Å². The number of alkyl halides is 3. The molecule has 0 N–H and O–H groups in total. The number of hydrogen-bond acceptors (Lipinski definition) is 6. The van der Waals surface area contributed by atoms with Crippen LogP contribution >= 0.6 is 0 Å². The van der Waals surface area contributed by atoms with Crippen LogP contribution in [0.2, 0.25) is 0 Å². The molecule has 0 fully saturated rings. The number of fused-ring (bicyclic) bond motifs is 1. The predicted molar refractivity (Wildman–Crippen MR) is 99.8 cm³/mol. The van der Waals surface area contributed by atoms with E-state index in [4.69, 9.17) is 0 Å². The summed E-state index contributed by atoms with van der Waals surface area (Å²) >= 11 is 0. The van der Waals surface area contributed by atoms with Crippen LogP contribution in [0, 0.1) is 0 Å². The molecule has 1 atom stereocenters. The molecule has 4 aromatic rings. The quantitative estimate of drug-likeness (QED) is 0.490. The maximum Gasteiger partial charge on any atom is 0.471 e. The fourth-order valence-electron chi connectivity index (χ4n) is 2.72. The summed E-state index contributed by atoms with van der Waals surface area (Å²) in [6.07, 6.45) is 0.00183. The van der Waals surface area contributed by atoms with Gasteiger partial charge in [0.2, 0.25) is 5.82 Å². The molecular formula is C18H14F3N5O2S. The number of imidazole rings is 1. The monoisotopic (exact) mass is 421 g/mol. The van der Waals surface area contributed by atoms with Gasteiger partial charge < -0.3 is 8.92 Å². The third-order valence-electron chi connectivity index (χ3n) is 3.94. The zero-order chi connectivity index (χ0) is 20.6. The molecule has 3 heterocycles. The van der Waals surface area contributed by atoms with Crippen molar-refractivity contribution in [1.29, 1.82) is 0 Å². The molecule has 0 aliphatic heterocycles. The van der Waals surface area contributed by atoms with Gasteiger partial charge >= 0.3 is 12.1 Å². The smallest absolute Gasteiger partial charge is 0.329 e. The van der Waals surface area contributed by atoms with Crippen LogP contribution in [0.3, 0.4) is 0 Å². The highest BCUT2D eigenvalue weighted by atomic mass is 32.2. The first-order chi connectivity index (χ1) is 13.7. The molecule has 0 spiro atoms. The van der Waals surface area contributed by atoms with Crippen molar-refractivity contribution >= 4 is 21.2 Å². The molecule has 11 heteroatoms. The Bertz CT molecular complexity index is 1290. The molecule has 1 aromatic carbocycles. The SMILES string of the molecule is CS(=O)(Cc1ccccc1)=Nc1cn2ccc(-c3noc(C(F)(F)F)n3)cc2n1. The van der Waals surface area contributed by atoms with E-state index in [-0.39, 0.29) is 17.4 Å². The van der Waals surface area contributed by atoms with Crippen LogP contribution in [0.25, 0.3) is 17.0 Å². The fourth-order valence-corrected chi connectivity index (χ4v) is 4.08. The predicted octanol–water partition coefficient (Wildman–Crippen LogP) is 4.33. The van der Waals surface area contributed by atoms with Gasteiger partial charge in [0.1, 0.15) is 5.65 Å². The average molecular weight is 421 g/mol. The first-order valence-corrected chi connectivity index (χ1v) is 10.4. The lowest BCUT2D eigenvalue weighted by atomic mass is 10.2. The van der Waals surface area contributed by atoms with Crippen LogP contribution < -0.4 is 0 Å². The number of rotatable bonds is 4. The van der Waals surface area contributed by atoms with E-state index >= 15 is 0 Å². The Balaban J connectivity index is 1.65. The van der Waals surface area contributed by atoms with E-state index < -0.39 is 21.8 Å². The highest BCUT2D eigenvalue weighted by Gasteiger charge is 2.38. The number of nitrogens with zero attached hydrogens (tertiary/aromatic N) is 5. The van der Waals surface area contributed by atoms with Gasteiger partial charge in [-0.25, -0.2) is 9.19 Å². The number of benzene rings is 1. The molecule has 0 aliphatic rings. The van der Waals surface area contributed by atoms with Crippen molar-refractivity contribution in [2.24, 2.45) is 4.36 Å². The molecule has 29 heavy (non-hydrogen) atoms. The Hall–Kier alpha value is -3.21. The summed E-state index contributed by atoms with van der Waals surface area (Å²) < 4.78 is 60.9. The van der Waals surface area contributed by atoms with Crippen LogP contribution in [-0.4, -0.2) is 30.0 Å². The molecular weight excluding hydrogens is 407 g/mol. The van der Waals surface area contributed by atoms with Gasteiger partial charge in [-0.1, -0.05) is 35.5 Å². The number of halogens is 3. The molecule has 0 bridgehead atoms. The molecule has 0 aliphatic carbocycles. The summed E-state index contributed by atoms with van der Waals surface area (Å²) in [5.74, 6) is -1.09. The first-order valence-electron chi connectivity index (χ1n) is 8.33. The Labute approximate surface area is 163 Å². The molecule has 3 aromatic heterocycles. The van der Waals surface area contributed by atoms with Gasteiger partial charge in [0.15, 0.2) is 5.82 Å². The summed E-state index contributed by atoms with van der Waals surface area (Å²) in [5, 5.41) is 3.36. The van der Waals surface area contributed by atoms with E-state index in [1.165, 1.54) is 12.1 Å². The lowest BCUT2D eigenvalue weighted by molar-refractivity contribution is -0.159. The van der Waals surface area contributed by atoms with E-state index in [0.29, 0.717) is 11.2 Å². The van der Waals surface area contributed by atoms with Crippen molar-refractivity contribution in [2.75, 3.05) is 6.26 Å². The van der Waals surface area contributed by atoms with E-state index in [0.717, 1.165) is 5.56 Å². The molecule has 0 amide bonds. The fraction of sp³-hybridized carbons (Fsp3) is 0.167. The normalized spacial score (nSPS) is 14.1. The van der Waals surface area contributed by atoms with Crippen molar-refractivity contribution in [1.82, 2.24) is 19.5 Å². The van der Waals surface area contributed by atoms with Gasteiger partial charge in [-0.2, -0.15) is 22.5 Å². The minimum absolute atomic E-state index is 0.204. The third-order valence-corrected chi connectivity index (χ3v) is 5.38. The van der Waals surface area contributed by atoms with Gasteiger partial charge in [0.25, 0.3) is 0 Å². The average Bonchev–Trinajstić information content (AvgIpc) is 3.27. The Kier molecular flexibility index (Phi) is 4.61. The Morgan fingerprint density at radius 1 is 1.17 bits per heavy atom. The van der Waals surface area contributed by atoms with Crippen molar-refractivity contribution in [3.8, 4) is 11.4 Å². The summed E-state index contributed by atoms with van der Waals surface area (Å²) in [5.41, 5.74) is 1.59. The standard InChI is InChI=1S/C18H14F3N5O2S/c1-29(27,11-12-5-3-2-4-6-12)25-14-10-26-8-7-13(9-15(26)22-14)16-23-17(28-24-16)18(19,20)21/h2-10H,11H2,1H3. The second kappa shape index (κ2) is 6.99. The first kappa shape index (κ1) is 19.1. The second-order valence-electron chi connectivity index (χ2n) is 6.38. The Morgan fingerprint density at radius 3 is 2.62 bits per heavy atom. The second-order valence-corrected chi connectivity index (χ2v) is 8.77. The van der Waals surface area contributed by atoms with Crippen molar-refractivity contribution in [2.45, 2.75) is 11.9 Å². The highest BCUT2D eigenvalue weighted by Crippen LogP contribution is 2.29. The maximum atomic E-state index is 12.8. The molecule has 7 nitrogen and oxygen atoms in total. The highest BCUT2D eigenvalue weighted by molar-refractivity contribution is 7.92. The molecule has 0 saturated heterocycles. The largest absolute Gasteiger partial charge is 0.471 e. The third kappa shape index (κ3) is 4.29. The van der Waals surface area contributed by atoms with Gasteiger partial charge in [-0.15, -0.1) is 0 Å². The van der Waals surface area contributed by atoms with Gasteiger partial charge in [0.05, 0.1) is 21.7 Å². The van der Waals surface area contributed by atoms with Gasteiger partial charge in [-0.3, -0.25) is 0 Å². The van der Waals surface area contributed by atoms with Crippen LogP contribution in [0.4, 0.5) is 19.0 Å². The van der Waals surface area contributed by atoms with Crippen LogP contribution in [0.5, 0.6) is 0 Å². The lowest BCUT2D eigenvalue weighted by Gasteiger charge is -2.02. The van der Waals surface area contributed by atoms with Crippen LogP contribution in [0.15, 0.2) is 63.7 Å². The number of aromatic nitrogens is 4. The minimum Gasteiger partial charge on any atom is -0.329 e. The van der Waals surface area contributed by atoms with Crippen molar-refractivity contribution < 1.29 is 21.9 Å². The molecule has 1 unspecified atom stereocenters.